The lowest BCUT2D eigenvalue weighted by molar-refractivity contribution is -0.139. The topological polar surface area (TPSA) is 102 Å². The first-order chi connectivity index (χ1) is 29.0. The molecular formula is C42H34F10N8O2. The standard InChI is InChI=1S/2C21H17F5N4O/c2*1-20(23,17(22)18-28-27-11-29(18)2)12-5-3-6-13(9-12)30-10-15-14(19(30)31)7-4-8-16(15)21(24,25)26/h2*3-9,11,17H,10H2,1-2H3/t2*17-,20-/m10/s1. The van der Waals surface area contributed by atoms with Gasteiger partial charge in [-0.2, -0.15) is 26.3 Å². The summed E-state index contributed by atoms with van der Waals surface area (Å²) in [6.07, 6.45) is -11.0. The van der Waals surface area contributed by atoms with Crippen LogP contribution in [0, 0.1) is 0 Å². The second-order valence-electron chi connectivity index (χ2n) is 15.0. The van der Waals surface area contributed by atoms with Crippen LogP contribution in [0.1, 0.15) is 91.9 Å². The molecule has 62 heavy (non-hydrogen) atoms. The molecule has 0 radical (unpaired) electrons. The second kappa shape index (κ2) is 15.7. The van der Waals surface area contributed by atoms with E-state index in [1.165, 1.54) is 109 Å². The van der Waals surface area contributed by atoms with Gasteiger partial charge < -0.3 is 18.9 Å². The van der Waals surface area contributed by atoms with Crippen molar-refractivity contribution in [1.29, 1.82) is 0 Å². The Kier molecular flexibility index (Phi) is 11.0. The molecule has 2 aromatic heterocycles. The normalized spacial score (nSPS) is 16.9. The fraction of sp³-hybridized carbons (Fsp3) is 0.286. The highest BCUT2D eigenvalue weighted by Gasteiger charge is 2.45. The van der Waals surface area contributed by atoms with Crippen molar-refractivity contribution in [2.45, 2.75) is 63.0 Å². The molecule has 0 fully saturated rings. The van der Waals surface area contributed by atoms with E-state index >= 15 is 8.78 Å². The summed E-state index contributed by atoms with van der Waals surface area (Å²) in [7, 11) is 2.96. The summed E-state index contributed by atoms with van der Waals surface area (Å²) >= 11 is 0. The minimum Gasteiger partial charge on any atom is -0.318 e. The highest BCUT2D eigenvalue weighted by Crippen LogP contribution is 2.45. The number of benzene rings is 4. The molecule has 4 atom stereocenters. The molecule has 324 valence electrons. The average Bonchev–Trinajstić information content (AvgIpc) is 4.02. The van der Waals surface area contributed by atoms with Crippen molar-refractivity contribution in [2.75, 3.05) is 9.80 Å². The summed E-state index contributed by atoms with van der Waals surface area (Å²) in [4.78, 5) is 27.8. The maximum atomic E-state index is 15.5. The highest BCUT2D eigenvalue weighted by molar-refractivity contribution is 6.11. The van der Waals surface area contributed by atoms with Gasteiger partial charge in [0.1, 0.15) is 12.7 Å². The highest BCUT2D eigenvalue weighted by atomic mass is 19.4. The van der Waals surface area contributed by atoms with Gasteiger partial charge >= 0.3 is 12.4 Å². The van der Waals surface area contributed by atoms with Gasteiger partial charge in [-0.05, 0) is 84.6 Å². The van der Waals surface area contributed by atoms with E-state index in [9.17, 15) is 44.7 Å². The van der Waals surface area contributed by atoms with Gasteiger partial charge in [-0.25, -0.2) is 17.6 Å². The molecule has 0 unspecified atom stereocenters. The lowest BCUT2D eigenvalue weighted by Crippen LogP contribution is -2.27. The third-order valence-corrected chi connectivity index (χ3v) is 10.9. The number of carbonyl (C=O) groups excluding carboxylic acids is 2. The van der Waals surface area contributed by atoms with Gasteiger partial charge in [0.25, 0.3) is 11.8 Å². The van der Waals surface area contributed by atoms with E-state index in [1.54, 1.807) is 0 Å². The maximum Gasteiger partial charge on any atom is 0.416 e. The Labute approximate surface area is 346 Å². The molecule has 0 aliphatic carbocycles. The SMILES string of the molecule is Cn1cnnc1[C@@H](F)[C@](C)(F)c1cccc(N2Cc3c(cccc3C(F)(F)F)C2=O)c1.Cn1cnnc1[C@H](F)[C@@](C)(F)c1cccc(N2Cc3c(cccc3C(F)(F)F)C2=O)c1. The molecule has 4 aromatic carbocycles. The van der Waals surface area contributed by atoms with Crippen molar-refractivity contribution >= 4 is 23.2 Å². The summed E-state index contributed by atoms with van der Waals surface area (Å²) in [6, 6.07) is 17.8. The van der Waals surface area contributed by atoms with Gasteiger partial charge in [0, 0.05) is 36.6 Å². The Balaban J connectivity index is 0.000000186. The average molecular weight is 873 g/mol. The third kappa shape index (κ3) is 7.77. The van der Waals surface area contributed by atoms with E-state index in [-0.39, 0.29) is 69.5 Å². The molecule has 0 saturated carbocycles. The van der Waals surface area contributed by atoms with Crippen LogP contribution in [0.25, 0.3) is 0 Å². The molecule has 2 aliphatic rings. The number of fused-ring (bicyclic) bond motifs is 2. The van der Waals surface area contributed by atoms with Crippen LogP contribution >= 0.6 is 0 Å². The van der Waals surface area contributed by atoms with Crippen LogP contribution in [-0.4, -0.2) is 41.3 Å². The molecule has 2 aliphatic heterocycles. The maximum absolute atomic E-state index is 15.5. The predicted octanol–water partition coefficient (Wildman–Crippen LogP) is 9.78. The van der Waals surface area contributed by atoms with Crippen LogP contribution in [-0.2, 0) is 50.9 Å². The van der Waals surface area contributed by atoms with Gasteiger partial charge in [-0.3, -0.25) is 9.59 Å². The number of nitrogens with zero attached hydrogens (tertiary/aromatic N) is 8. The number of halogens is 10. The summed E-state index contributed by atoms with van der Waals surface area (Å²) in [6.45, 7) is 1.43. The van der Waals surface area contributed by atoms with Crippen LogP contribution in [0.2, 0.25) is 0 Å². The van der Waals surface area contributed by atoms with E-state index in [4.69, 9.17) is 0 Å². The van der Waals surface area contributed by atoms with Crippen LogP contribution in [0.5, 0.6) is 0 Å². The Bertz CT molecular complexity index is 2490. The summed E-state index contributed by atoms with van der Waals surface area (Å²) in [5.74, 6) is -1.70. The minimum atomic E-state index is -4.61. The molecule has 8 rings (SSSR count). The van der Waals surface area contributed by atoms with Crippen molar-refractivity contribution in [2.24, 2.45) is 14.1 Å². The zero-order valence-electron chi connectivity index (χ0n) is 33.0. The van der Waals surface area contributed by atoms with Gasteiger partial charge in [0.2, 0.25) is 0 Å². The zero-order valence-corrected chi connectivity index (χ0v) is 33.0. The molecule has 0 N–H and O–H groups in total. The van der Waals surface area contributed by atoms with E-state index in [2.05, 4.69) is 20.4 Å². The molecule has 0 saturated heterocycles. The molecule has 6 aromatic rings. The molecule has 0 spiro atoms. The molecule has 10 nitrogen and oxygen atoms in total. The van der Waals surface area contributed by atoms with Crippen LogP contribution < -0.4 is 9.80 Å². The predicted molar refractivity (Wildman–Crippen MR) is 203 cm³/mol. The summed E-state index contributed by atoms with van der Waals surface area (Å²) < 4.78 is 144. The van der Waals surface area contributed by atoms with E-state index in [1.807, 2.05) is 0 Å². The number of hydrogen-bond acceptors (Lipinski definition) is 6. The lowest BCUT2D eigenvalue weighted by atomic mass is 9.92. The number of carbonyl (C=O) groups is 2. The molecule has 0 bridgehead atoms. The van der Waals surface area contributed by atoms with Gasteiger partial charge in [-0.1, -0.05) is 36.4 Å². The lowest BCUT2D eigenvalue weighted by Gasteiger charge is -2.26. The molecular weight excluding hydrogens is 838 g/mol. The Morgan fingerprint density at radius 2 is 0.903 bits per heavy atom. The largest absolute Gasteiger partial charge is 0.416 e. The number of hydrogen-bond donors (Lipinski definition) is 0. The Morgan fingerprint density at radius 1 is 0.548 bits per heavy atom. The zero-order chi connectivity index (χ0) is 45.1. The molecule has 4 heterocycles. The number of aryl methyl sites for hydroxylation is 2. The van der Waals surface area contributed by atoms with Crippen molar-refractivity contribution in [3.63, 3.8) is 0 Å². The number of aromatic nitrogens is 6. The quantitative estimate of drug-likeness (QED) is 0.141. The smallest absolute Gasteiger partial charge is 0.318 e. The van der Waals surface area contributed by atoms with Crippen molar-refractivity contribution in [1.82, 2.24) is 29.5 Å². The van der Waals surface area contributed by atoms with Crippen molar-refractivity contribution in [3.05, 3.63) is 154 Å². The first-order valence-corrected chi connectivity index (χ1v) is 18.6. The van der Waals surface area contributed by atoms with Crippen molar-refractivity contribution in [3.8, 4) is 0 Å². The monoisotopic (exact) mass is 872 g/mol. The van der Waals surface area contributed by atoms with E-state index in [0.717, 1.165) is 35.8 Å². The van der Waals surface area contributed by atoms with Gasteiger partial charge in [0.05, 0.1) is 24.2 Å². The Hall–Kier alpha value is -6.60. The summed E-state index contributed by atoms with van der Waals surface area (Å²) in [5.41, 5.74) is -7.07. The number of amides is 2. The van der Waals surface area contributed by atoms with Crippen LogP contribution in [0.4, 0.5) is 55.3 Å². The first kappa shape index (κ1) is 43.5. The number of rotatable bonds is 8. The molecule has 2 amide bonds. The van der Waals surface area contributed by atoms with E-state index < -0.39 is 59.0 Å². The van der Waals surface area contributed by atoms with Gasteiger partial charge in [-0.15, -0.1) is 20.4 Å². The second-order valence-corrected chi connectivity index (χ2v) is 15.0. The number of anilines is 2. The van der Waals surface area contributed by atoms with Crippen LogP contribution in [0.3, 0.4) is 0 Å². The first-order valence-electron chi connectivity index (χ1n) is 18.6. The van der Waals surface area contributed by atoms with Crippen LogP contribution in [0.15, 0.2) is 97.6 Å². The number of alkyl halides is 10. The van der Waals surface area contributed by atoms with Crippen molar-refractivity contribution < 1.29 is 53.5 Å². The minimum absolute atomic E-state index is 0.0642. The fourth-order valence-corrected chi connectivity index (χ4v) is 7.39. The van der Waals surface area contributed by atoms with Gasteiger partial charge in [0.15, 0.2) is 35.3 Å². The Morgan fingerprint density at radius 3 is 1.23 bits per heavy atom. The fourth-order valence-electron chi connectivity index (χ4n) is 7.39. The summed E-state index contributed by atoms with van der Waals surface area (Å²) in [5, 5.41) is 14.3. The third-order valence-electron chi connectivity index (χ3n) is 10.9. The van der Waals surface area contributed by atoms with E-state index in [0.29, 0.717) is 0 Å². The molecule has 20 heteroatoms.